The zero-order valence-electron chi connectivity index (χ0n) is 15.5. The van der Waals surface area contributed by atoms with Crippen LogP contribution in [0.2, 0.25) is 0 Å². The average molecular weight is 401 g/mol. The number of hydrogen-bond donors (Lipinski definition) is 6. The molecule has 10 heteroatoms. The zero-order valence-corrected chi connectivity index (χ0v) is 15.5. The smallest absolute Gasteiger partial charge is 0.229 e. The maximum atomic E-state index is 10.5. The number of nitrogen functional groups attached to an aromatic ring is 1. The van der Waals surface area contributed by atoms with Crippen LogP contribution in [0.4, 0.5) is 5.69 Å². The lowest BCUT2D eigenvalue weighted by molar-refractivity contribution is -0.352. The molecule has 0 spiro atoms. The van der Waals surface area contributed by atoms with Crippen molar-refractivity contribution in [1.82, 2.24) is 0 Å². The molecule has 0 amide bonds. The van der Waals surface area contributed by atoms with Gasteiger partial charge >= 0.3 is 0 Å². The van der Waals surface area contributed by atoms with Crippen molar-refractivity contribution in [3.8, 4) is 5.75 Å². The minimum Gasteiger partial charge on any atom is -0.462 e. The topological polar surface area (TPSA) is 164 Å². The van der Waals surface area contributed by atoms with E-state index in [0.717, 1.165) is 0 Å². The molecule has 0 aromatic heterocycles. The quantitative estimate of drug-likeness (QED) is 0.321. The Morgan fingerprint density at radius 3 is 1.89 bits per heavy atom. The van der Waals surface area contributed by atoms with Gasteiger partial charge in [-0.3, -0.25) is 0 Å². The summed E-state index contributed by atoms with van der Waals surface area (Å²) in [5, 5.41) is 50.6. The Morgan fingerprint density at radius 2 is 1.29 bits per heavy atom. The van der Waals surface area contributed by atoms with Gasteiger partial charge in [-0.15, -0.1) is 0 Å². The summed E-state index contributed by atoms with van der Waals surface area (Å²) in [5.74, 6) is 0.387. The van der Waals surface area contributed by atoms with E-state index in [9.17, 15) is 25.5 Å². The number of aliphatic hydroxyl groups excluding tert-OH is 5. The molecule has 1 aromatic rings. The standard InChI is InChI=1S/C18H27NO9/c1-7-11(20)13(22)15(24)17(25-7)28-16-14(23)12(21)8(2)26-18(16)27-10-5-3-9(19)4-6-10/h3-8,11-18,20-24H,19H2,1-2H3/t7-,8+,11+,12-,13+,14-,15-,16+,17-,18-/m0/s1. The fourth-order valence-electron chi connectivity index (χ4n) is 3.20. The van der Waals surface area contributed by atoms with Crippen molar-refractivity contribution in [3.63, 3.8) is 0 Å². The van der Waals surface area contributed by atoms with Crippen LogP contribution in [0.5, 0.6) is 5.75 Å². The minimum atomic E-state index is -1.58. The lowest BCUT2D eigenvalue weighted by Crippen LogP contribution is -2.63. The van der Waals surface area contributed by atoms with E-state index in [2.05, 4.69) is 0 Å². The molecule has 1 aromatic carbocycles. The van der Waals surface area contributed by atoms with Gasteiger partial charge in [-0.05, 0) is 38.1 Å². The van der Waals surface area contributed by atoms with Crippen molar-refractivity contribution in [3.05, 3.63) is 24.3 Å². The van der Waals surface area contributed by atoms with Crippen LogP contribution >= 0.6 is 0 Å². The maximum Gasteiger partial charge on any atom is 0.229 e. The number of ether oxygens (including phenoxy) is 4. The van der Waals surface area contributed by atoms with Crippen LogP contribution in [-0.2, 0) is 14.2 Å². The first kappa shape index (κ1) is 21.2. The molecule has 28 heavy (non-hydrogen) atoms. The second-order valence-corrected chi connectivity index (χ2v) is 7.16. The lowest BCUT2D eigenvalue weighted by Gasteiger charge is -2.45. The third kappa shape index (κ3) is 4.24. The highest BCUT2D eigenvalue weighted by atomic mass is 16.8. The lowest BCUT2D eigenvalue weighted by atomic mass is 9.98. The molecule has 2 heterocycles. The van der Waals surface area contributed by atoms with Gasteiger partial charge in [0.2, 0.25) is 6.29 Å². The van der Waals surface area contributed by atoms with Crippen LogP contribution in [0.25, 0.3) is 0 Å². The Kier molecular flexibility index (Phi) is 6.42. The Labute approximate surface area is 162 Å². The number of benzene rings is 1. The molecule has 0 unspecified atom stereocenters. The summed E-state index contributed by atoms with van der Waals surface area (Å²) in [6.45, 7) is 3.07. The molecular formula is C18H27NO9. The largest absolute Gasteiger partial charge is 0.462 e. The van der Waals surface area contributed by atoms with E-state index in [1.807, 2.05) is 0 Å². The van der Waals surface area contributed by atoms with Gasteiger partial charge in [0.05, 0.1) is 12.2 Å². The molecule has 0 bridgehead atoms. The van der Waals surface area contributed by atoms with Crippen LogP contribution in [-0.4, -0.2) is 86.9 Å². The molecule has 2 fully saturated rings. The second kappa shape index (κ2) is 8.47. The number of aliphatic hydroxyl groups is 5. The molecule has 158 valence electrons. The minimum absolute atomic E-state index is 0.387. The van der Waals surface area contributed by atoms with Gasteiger partial charge < -0.3 is 50.2 Å². The van der Waals surface area contributed by atoms with Gasteiger partial charge in [0.25, 0.3) is 0 Å². The van der Waals surface area contributed by atoms with Crippen LogP contribution in [0, 0.1) is 0 Å². The normalized spacial score (nSPS) is 44.2. The summed E-state index contributed by atoms with van der Waals surface area (Å²) in [5.41, 5.74) is 6.19. The summed E-state index contributed by atoms with van der Waals surface area (Å²) in [6.07, 6.45) is -12.4. The molecule has 10 nitrogen and oxygen atoms in total. The average Bonchev–Trinajstić information content (AvgIpc) is 2.67. The van der Waals surface area contributed by atoms with E-state index in [1.54, 1.807) is 31.2 Å². The first-order chi connectivity index (χ1) is 13.2. The fraction of sp³-hybridized carbons (Fsp3) is 0.667. The number of anilines is 1. The van der Waals surface area contributed by atoms with Crippen LogP contribution in [0.15, 0.2) is 24.3 Å². The summed E-state index contributed by atoms with van der Waals surface area (Å²) in [6, 6.07) is 6.45. The van der Waals surface area contributed by atoms with Crippen molar-refractivity contribution in [2.75, 3.05) is 5.73 Å². The highest BCUT2D eigenvalue weighted by molar-refractivity contribution is 5.41. The molecular weight excluding hydrogens is 374 g/mol. The molecule has 0 radical (unpaired) electrons. The van der Waals surface area contributed by atoms with E-state index >= 15 is 0 Å². The summed E-state index contributed by atoms with van der Waals surface area (Å²) in [7, 11) is 0. The van der Waals surface area contributed by atoms with Gasteiger partial charge in [-0.2, -0.15) is 0 Å². The summed E-state index contributed by atoms with van der Waals surface area (Å²) >= 11 is 0. The van der Waals surface area contributed by atoms with Crippen LogP contribution in [0.3, 0.4) is 0 Å². The maximum absolute atomic E-state index is 10.5. The third-order valence-corrected chi connectivity index (χ3v) is 5.02. The first-order valence-electron chi connectivity index (χ1n) is 9.08. The molecule has 0 aliphatic carbocycles. The SMILES string of the molecule is C[C@@H]1O[C@@H](O[C@H]2[C@H](Oc3ccc(N)cc3)O[C@H](C)[C@H](O)[C@@H]2O)[C@@H](O)[C@H](O)[C@@H]1O. The van der Waals surface area contributed by atoms with E-state index in [0.29, 0.717) is 11.4 Å². The Balaban J connectivity index is 1.78. The Morgan fingerprint density at radius 1 is 0.750 bits per heavy atom. The van der Waals surface area contributed by atoms with Crippen LogP contribution in [0.1, 0.15) is 13.8 Å². The second-order valence-electron chi connectivity index (χ2n) is 7.16. The van der Waals surface area contributed by atoms with Gasteiger partial charge in [-0.1, -0.05) is 0 Å². The number of nitrogens with two attached hydrogens (primary N) is 1. The van der Waals surface area contributed by atoms with Gasteiger partial charge in [0.1, 0.15) is 36.3 Å². The molecule has 10 atom stereocenters. The molecule has 3 rings (SSSR count). The van der Waals surface area contributed by atoms with E-state index in [1.165, 1.54) is 6.92 Å². The third-order valence-electron chi connectivity index (χ3n) is 5.02. The predicted molar refractivity (Wildman–Crippen MR) is 95.1 cm³/mol. The van der Waals surface area contributed by atoms with Gasteiger partial charge in [-0.25, -0.2) is 0 Å². The van der Waals surface area contributed by atoms with Crippen molar-refractivity contribution >= 4 is 5.69 Å². The molecule has 7 N–H and O–H groups in total. The van der Waals surface area contributed by atoms with Crippen molar-refractivity contribution in [2.45, 2.75) is 75.3 Å². The monoisotopic (exact) mass is 401 g/mol. The fourth-order valence-corrected chi connectivity index (χ4v) is 3.20. The Bertz CT molecular complexity index is 644. The van der Waals surface area contributed by atoms with E-state index in [-0.39, 0.29) is 0 Å². The highest BCUT2D eigenvalue weighted by Gasteiger charge is 2.50. The number of hydrogen-bond acceptors (Lipinski definition) is 10. The summed E-state index contributed by atoms with van der Waals surface area (Å²) < 4.78 is 22.4. The Hall–Kier alpha value is -1.50. The van der Waals surface area contributed by atoms with Gasteiger partial charge in [0, 0.05) is 5.69 Å². The predicted octanol–water partition coefficient (Wildman–Crippen LogP) is -1.67. The molecule has 0 saturated carbocycles. The van der Waals surface area contributed by atoms with E-state index in [4.69, 9.17) is 24.7 Å². The summed E-state index contributed by atoms with van der Waals surface area (Å²) in [4.78, 5) is 0. The number of rotatable bonds is 4. The van der Waals surface area contributed by atoms with Crippen molar-refractivity contribution < 1.29 is 44.5 Å². The van der Waals surface area contributed by atoms with Crippen molar-refractivity contribution in [2.24, 2.45) is 0 Å². The molecule has 2 aliphatic heterocycles. The van der Waals surface area contributed by atoms with E-state index < -0.39 is 61.4 Å². The molecule has 2 aliphatic rings. The first-order valence-corrected chi connectivity index (χ1v) is 9.08. The van der Waals surface area contributed by atoms with Gasteiger partial charge in [0.15, 0.2) is 12.4 Å². The highest BCUT2D eigenvalue weighted by Crippen LogP contribution is 2.30. The van der Waals surface area contributed by atoms with Crippen LogP contribution < -0.4 is 10.5 Å². The zero-order chi connectivity index (χ0) is 20.6. The van der Waals surface area contributed by atoms with Crippen molar-refractivity contribution in [1.29, 1.82) is 0 Å². The molecule has 2 saturated heterocycles.